The van der Waals surface area contributed by atoms with Crippen molar-refractivity contribution in [2.45, 2.75) is 69.9 Å². The van der Waals surface area contributed by atoms with Gasteiger partial charge in [-0.05, 0) is 69.9 Å². The van der Waals surface area contributed by atoms with E-state index in [9.17, 15) is 9.90 Å². The number of aromatic nitrogens is 1. The van der Waals surface area contributed by atoms with Gasteiger partial charge in [-0.15, -0.1) is 0 Å². The SMILES string of the molecule is O=C1N([C@H]2CC[C@H](O)CC2)CCC12CCCN(c1ccc(N3CCCC3)cn1)C2. The third-order valence-electron chi connectivity index (χ3n) is 7.76. The van der Waals surface area contributed by atoms with Crippen LogP contribution in [-0.4, -0.2) is 65.8 Å². The lowest BCUT2D eigenvalue weighted by Gasteiger charge is -2.41. The van der Waals surface area contributed by atoms with E-state index in [0.29, 0.717) is 11.9 Å². The summed E-state index contributed by atoms with van der Waals surface area (Å²) in [4.78, 5) is 25.2. The quantitative estimate of drug-likeness (QED) is 0.848. The van der Waals surface area contributed by atoms with Crippen LogP contribution in [0.5, 0.6) is 0 Å². The van der Waals surface area contributed by atoms with Gasteiger partial charge in [-0.2, -0.15) is 0 Å². The molecule has 4 fully saturated rings. The number of likely N-dealkylation sites (tertiary alicyclic amines) is 1. The predicted octanol–water partition coefficient (Wildman–Crippen LogP) is 2.80. The van der Waals surface area contributed by atoms with Crippen LogP contribution in [0.2, 0.25) is 0 Å². The molecule has 1 aromatic heterocycles. The minimum atomic E-state index is -0.233. The first-order valence-electron chi connectivity index (χ1n) is 11.6. The second-order valence-electron chi connectivity index (χ2n) is 9.59. The average molecular weight is 399 g/mol. The van der Waals surface area contributed by atoms with Gasteiger partial charge in [-0.25, -0.2) is 4.98 Å². The molecule has 4 heterocycles. The summed E-state index contributed by atoms with van der Waals surface area (Å²) in [5, 5.41) is 9.81. The van der Waals surface area contributed by atoms with Crippen molar-refractivity contribution in [1.29, 1.82) is 0 Å². The molecule has 3 aliphatic heterocycles. The molecule has 0 bridgehead atoms. The van der Waals surface area contributed by atoms with Crippen molar-refractivity contribution in [2.75, 3.05) is 42.5 Å². The van der Waals surface area contributed by atoms with Gasteiger partial charge in [0, 0.05) is 38.8 Å². The lowest BCUT2D eigenvalue weighted by molar-refractivity contribution is -0.139. The Hall–Kier alpha value is -1.82. The Bertz CT molecular complexity index is 725. The maximum Gasteiger partial charge on any atom is 0.230 e. The fraction of sp³-hybridized carbons (Fsp3) is 0.739. The number of hydrogen-bond donors (Lipinski definition) is 1. The normalized spacial score (nSPS) is 33.1. The lowest BCUT2D eigenvalue weighted by Crippen LogP contribution is -2.50. The summed E-state index contributed by atoms with van der Waals surface area (Å²) in [6.07, 6.45) is 11.0. The van der Waals surface area contributed by atoms with Gasteiger partial charge in [0.05, 0.1) is 23.4 Å². The monoisotopic (exact) mass is 398 g/mol. The molecular formula is C23H34N4O2. The number of carbonyl (C=O) groups is 1. The highest BCUT2D eigenvalue weighted by molar-refractivity contribution is 5.86. The number of rotatable bonds is 3. The number of piperidine rings is 1. The molecule has 6 nitrogen and oxygen atoms in total. The van der Waals surface area contributed by atoms with Crippen LogP contribution in [0.3, 0.4) is 0 Å². The summed E-state index contributed by atoms with van der Waals surface area (Å²) >= 11 is 0. The van der Waals surface area contributed by atoms with Crippen LogP contribution in [0.1, 0.15) is 57.8 Å². The maximum atomic E-state index is 13.5. The molecule has 158 valence electrons. The number of nitrogens with zero attached hydrogens (tertiary/aromatic N) is 4. The van der Waals surface area contributed by atoms with Crippen LogP contribution in [-0.2, 0) is 4.79 Å². The molecule has 1 unspecified atom stereocenters. The van der Waals surface area contributed by atoms with Crippen molar-refractivity contribution in [3.05, 3.63) is 18.3 Å². The second-order valence-corrected chi connectivity index (χ2v) is 9.59. The van der Waals surface area contributed by atoms with Crippen molar-refractivity contribution in [3.8, 4) is 0 Å². The summed E-state index contributed by atoms with van der Waals surface area (Å²) in [6.45, 7) is 4.94. The van der Waals surface area contributed by atoms with E-state index in [1.807, 2.05) is 6.20 Å². The molecule has 1 aliphatic carbocycles. The van der Waals surface area contributed by atoms with E-state index in [-0.39, 0.29) is 11.5 Å². The van der Waals surface area contributed by atoms with E-state index in [1.54, 1.807) is 0 Å². The topological polar surface area (TPSA) is 59.9 Å². The summed E-state index contributed by atoms with van der Waals surface area (Å²) in [6, 6.07) is 4.68. The first-order valence-corrected chi connectivity index (χ1v) is 11.6. The number of carbonyl (C=O) groups excluding carboxylic acids is 1. The van der Waals surface area contributed by atoms with Crippen LogP contribution in [0.25, 0.3) is 0 Å². The molecule has 1 atom stereocenters. The first-order chi connectivity index (χ1) is 14.1. The summed E-state index contributed by atoms with van der Waals surface area (Å²) in [5.74, 6) is 1.37. The van der Waals surface area contributed by atoms with Gasteiger partial charge in [-0.3, -0.25) is 4.79 Å². The molecule has 1 saturated carbocycles. The highest BCUT2D eigenvalue weighted by atomic mass is 16.3. The Morgan fingerprint density at radius 3 is 2.41 bits per heavy atom. The van der Waals surface area contributed by atoms with Gasteiger partial charge in [0.2, 0.25) is 5.91 Å². The fourth-order valence-electron chi connectivity index (χ4n) is 6.00. The molecule has 0 radical (unpaired) electrons. The van der Waals surface area contributed by atoms with Crippen molar-refractivity contribution < 1.29 is 9.90 Å². The highest BCUT2D eigenvalue weighted by Gasteiger charge is 2.50. The van der Waals surface area contributed by atoms with E-state index >= 15 is 0 Å². The van der Waals surface area contributed by atoms with Crippen LogP contribution >= 0.6 is 0 Å². The number of aliphatic hydroxyl groups excluding tert-OH is 1. The Kier molecular flexibility index (Phi) is 5.14. The molecule has 4 aliphatic rings. The van der Waals surface area contributed by atoms with Gasteiger partial charge in [0.25, 0.3) is 0 Å². The highest BCUT2D eigenvalue weighted by Crippen LogP contribution is 2.43. The van der Waals surface area contributed by atoms with Crippen LogP contribution in [0.4, 0.5) is 11.5 Å². The molecule has 1 spiro atoms. The minimum Gasteiger partial charge on any atom is -0.393 e. The van der Waals surface area contributed by atoms with Gasteiger partial charge in [0.1, 0.15) is 5.82 Å². The zero-order chi connectivity index (χ0) is 19.8. The number of hydrogen-bond acceptors (Lipinski definition) is 5. The standard InChI is InChI=1S/C23H34N4O2/c28-20-7-4-18(5-8-20)27-15-11-23(22(27)29)10-3-14-26(17-23)21-9-6-19(16-24-21)25-12-1-2-13-25/h6,9,16,18,20,28H,1-5,7-8,10-15,17H2/t18-,20-,23?. The molecular weight excluding hydrogens is 364 g/mol. The van der Waals surface area contributed by atoms with E-state index < -0.39 is 0 Å². The third-order valence-corrected chi connectivity index (χ3v) is 7.76. The zero-order valence-electron chi connectivity index (χ0n) is 17.4. The molecule has 5 rings (SSSR count). The molecule has 6 heteroatoms. The van der Waals surface area contributed by atoms with Crippen molar-refractivity contribution >= 4 is 17.4 Å². The van der Waals surface area contributed by atoms with Crippen molar-refractivity contribution in [2.24, 2.45) is 5.41 Å². The Labute approximate surface area is 173 Å². The molecule has 0 aromatic carbocycles. The largest absolute Gasteiger partial charge is 0.393 e. The summed E-state index contributed by atoms with van der Waals surface area (Å²) in [5.41, 5.74) is 0.990. The smallest absolute Gasteiger partial charge is 0.230 e. The Morgan fingerprint density at radius 2 is 1.69 bits per heavy atom. The predicted molar refractivity (Wildman–Crippen MR) is 114 cm³/mol. The third kappa shape index (κ3) is 3.60. The van der Waals surface area contributed by atoms with Gasteiger partial charge in [0.15, 0.2) is 0 Å². The summed E-state index contributed by atoms with van der Waals surface area (Å²) < 4.78 is 0. The van der Waals surface area contributed by atoms with E-state index in [1.165, 1.54) is 18.5 Å². The lowest BCUT2D eigenvalue weighted by atomic mass is 9.78. The van der Waals surface area contributed by atoms with E-state index in [2.05, 4.69) is 26.8 Å². The van der Waals surface area contributed by atoms with Gasteiger partial charge < -0.3 is 19.8 Å². The van der Waals surface area contributed by atoms with Gasteiger partial charge in [-0.1, -0.05) is 0 Å². The first kappa shape index (κ1) is 19.2. The van der Waals surface area contributed by atoms with Crippen LogP contribution in [0, 0.1) is 5.41 Å². The van der Waals surface area contributed by atoms with Crippen molar-refractivity contribution in [3.63, 3.8) is 0 Å². The Morgan fingerprint density at radius 1 is 0.931 bits per heavy atom. The minimum absolute atomic E-state index is 0.169. The molecule has 1 N–H and O–H groups in total. The van der Waals surface area contributed by atoms with Crippen LogP contribution < -0.4 is 9.80 Å². The number of pyridine rings is 1. The molecule has 1 aromatic rings. The molecule has 29 heavy (non-hydrogen) atoms. The number of anilines is 2. The Balaban J connectivity index is 1.27. The molecule has 1 amide bonds. The molecule has 3 saturated heterocycles. The van der Waals surface area contributed by atoms with E-state index in [4.69, 9.17) is 4.98 Å². The maximum absolute atomic E-state index is 13.5. The number of amides is 1. The van der Waals surface area contributed by atoms with Gasteiger partial charge >= 0.3 is 0 Å². The second kappa shape index (κ2) is 7.78. The number of aliphatic hydroxyl groups is 1. The van der Waals surface area contributed by atoms with Crippen molar-refractivity contribution in [1.82, 2.24) is 9.88 Å². The zero-order valence-corrected chi connectivity index (χ0v) is 17.4. The average Bonchev–Trinajstić information content (AvgIpc) is 3.39. The fourth-order valence-corrected chi connectivity index (χ4v) is 6.00. The van der Waals surface area contributed by atoms with Crippen LogP contribution in [0.15, 0.2) is 18.3 Å². The van der Waals surface area contributed by atoms with E-state index in [0.717, 1.165) is 83.5 Å². The summed E-state index contributed by atoms with van der Waals surface area (Å²) in [7, 11) is 0.